The highest BCUT2D eigenvalue weighted by molar-refractivity contribution is 7.89. The van der Waals surface area contributed by atoms with Crippen LogP contribution >= 0.6 is 11.6 Å². The molecule has 1 saturated carbocycles. The lowest BCUT2D eigenvalue weighted by Crippen LogP contribution is -2.25. The zero-order valence-electron chi connectivity index (χ0n) is 15.8. The second-order valence-corrected chi connectivity index (χ2v) is 8.94. The number of benzene rings is 2. The first-order valence-corrected chi connectivity index (χ1v) is 10.8. The lowest BCUT2D eigenvalue weighted by atomic mass is 10.2. The molecule has 0 heterocycles. The molecule has 0 aliphatic heterocycles. The van der Waals surface area contributed by atoms with E-state index in [0.717, 1.165) is 12.8 Å². The topological polar surface area (TPSA) is 142 Å². The highest BCUT2D eigenvalue weighted by atomic mass is 35.5. The van der Waals surface area contributed by atoms with Crippen LogP contribution in [0, 0.1) is 6.92 Å². The van der Waals surface area contributed by atoms with Gasteiger partial charge < -0.3 is 20.3 Å². The van der Waals surface area contributed by atoms with Crippen LogP contribution in [0.1, 0.15) is 24.8 Å². The Bertz CT molecular complexity index is 1090. The minimum atomic E-state index is -3.90. The Morgan fingerprint density at radius 3 is 2.53 bits per heavy atom. The highest BCUT2D eigenvalue weighted by Gasteiger charge is 2.30. The number of carboxylic acid groups (broad SMARTS) is 1. The number of carboxylic acids is 1. The number of amides is 1. The summed E-state index contributed by atoms with van der Waals surface area (Å²) >= 11 is 6.24. The summed E-state index contributed by atoms with van der Waals surface area (Å²) in [6.45, 7) is 1.65. The summed E-state index contributed by atoms with van der Waals surface area (Å²) in [7, 11) is -3.90. The summed E-state index contributed by atoms with van der Waals surface area (Å²) in [5, 5.41) is 21.2. The zero-order valence-corrected chi connectivity index (χ0v) is 17.4. The lowest BCUT2D eigenvalue weighted by Gasteiger charge is -2.14. The van der Waals surface area contributed by atoms with Crippen molar-refractivity contribution in [3.8, 4) is 17.2 Å². The summed E-state index contributed by atoms with van der Waals surface area (Å²) in [5.74, 6) is -2.02. The molecule has 9 nitrogen and oxygen atoms in total. The molecular formula is C19H19ClN2O7S. The van der Waals surface area contributed by atoms with Crippen LogP contribution in [0.15, 0.2) is 35.2 Å². The molecule has 0 saturated heterocycles. The number of hydrogen-bond donors (Lipinski definition) is 4. The zero-order chi connectivity index (χ0) is 22.1. The van der Waals surface area contributed by atoms with Gasteiger partial charge in [-0.25, -0.2) is 13.1 Å². The number of anilines is 1. The molecule has 1 aliphatic rings. The summed E-state index contributed by atoms with van der Waals surface area (Å²) in [6.07, 6.45) is 0.815. The fraction of sp³-hybridized carbons (Fsp3) is 0.263. The number of sulfonamides is 1. The quantitative estimate of drug-likeness (QED) is 0.449. The minimum Gasteiger partial charge on any atom is -0.507 e. The van der Waals surface area contributed by atoms with Crippen molar-refractivity contribution in [3.63, 3.8) is 0 Å². The lowest BCUT2D eigenvalue weighted by molar-refractivity contribution is -0.139. The van der Waals surface area contributed by atoms with Gasteiger partial charge in [-0.15, -0.1) is 0 Å². The summed E-state index contributed by atoms with van der Waals surface area (Å²) in [4.78, 5) is 21.9. The first-order valence-electron chi connectivity index (χ1n) is 8.90. The highest BCUT2D eigenvalue weighted by Crippen LogP contribution is 2.37. The fourth-order valence-corrected chi connectivity index (χ4v) is 4.37. The SMILES string of the molecule is Cc1cc(NC(=O)CC(=O)O)cc(Cl)c1Oc1ccc(O)c(S(=O)(=O)NC2CC2)c1. The van der Waals surface area contributed by atoms with Gasteiger partial charge in [0.2, 0.25) is 15.9 Å². The predicted octanol–water partition coefficient (Wildman–Crippen LogP) is 3.00. The molecule has 0 spiro atoms. The number of aryl methyl sites for hydroxylation is 1. The maximum atomic E-state index is 12.4. The van der Waals surface area contributed by atoms with E-state index in [1.807, 2.05) is 0 Å². The fourth-order valence-electron chi connectivity index (χ4n) is 2.65. The second-order valence-electron chi connectivity index (χ2n) is 6.85. The Hall–Kier alpha value is -2.82. The van der Waals surface area contributed by atoms with Crippen LogP contribution in [-0.2, 0) is 19.6 Å². The van der Waals surface area contributed by atoms with E-state index in [2.05, 4.69) is 10.0 Å². The number of carbonyl (C=O) groups is 2. The van der Waals surface area contributed by atoms with Crippen LogP contribution in [0.25, 0.3) is 0 Å². The van der Waals surface area contributed by atoms with E-state index in [9.17, 15) is 23.1 Å². The average molecular weight is 455 g/mol. The maximum absolute atomic E-state index is 12.4. The molecule has 1 amide bonds. The third-order valence-corrected chi connectivity index (χ3v) is 6.00. The van der Waals surface area contributed by atoms with Gasteiger partial charge in [0.15, 0.2) is 0 Å². The number of hydrogen-bond acceptors (Lipinski definition) is 6. The van der Waals surface area contributed by atoms with E-state index in [-0.39, 0.29) is 27.5 Å². The average Bonchev–Trinajstić information content (AvgIpc) is 3.41. The molecule has 1 aliphatic carbocycles. The van der Waals surface area contributed by atoms with Crippen molar-refractivity contribution in [1.82, 2.24) is 4.72 Å². The van der Waals surface area contributed by atoms with Gasteiger partial charge in [0.05, 0.1) is 5.02 Å². The number of aliphatic carboxylic acids is 1. The molecule has 3 rings (SSSR count). The standard InChI is InChI=1S/C19H19ClN2O7S/c1-10-6-12(21-17(24)9-18(25)26)7-14(20)19(10)29-13-4-5-15(23)16(8-13)30(27,28)22-11-2-3-11/h4-8,11,22-23H,2-3,9H2,1H3,(H,21,24)(H,25,26). The van der Waals surface area contributed by atoms with E-state index >= 15 is 0 Å². The van der Waals surface area contributed by atoms with E-state index < -0.39 is 34.1 Å². The van der Waals surface area contributed by atoms with Crippen LogP contribution in [0.2, 0.25) is 5.02 Å². The summed E-state index contributed by atoms with van der Waals surface area (Å²) in [5.41, 5.74) is 0.806. The van der Waals surface area contributed by atoms with Crippen molar-refractivity contribution in [2.75, 3.05) is 5.32 Å². The van der Waals surface area contributed by atoms with Gasteiger partial charge in [-0.1, -0.05) is 11.6 Å². The molecule has 2 aromatic rings. The molecule has 0 radical (unpaired) electrons. The molecule has 11 heteroatoms. The Morgan fingerprint density at radius 2 is 1.93 bits per heavy atom. The number of carbonyl (C=O) groups excluding carboxylic acids is 1. The summed E-state index contributed by atoms with van der Waals surface area (Å²) in [6, 6.07) is 6.59. The molecule has 0 unspecified atom stereocenters. The van der Waals surface area contributed by atoms with Crippen LogP contribution in [0.3, 0.4) is 0 Å². The van der Waals surface area contributed by atoms with Crippen molar-refractivity contribution < 1.29 is 33.0 Å². The maximum Gasteiger partial charge on any atom is 0.312 e. The van der Waals surface area contributed by atoms with Crippen LogP contribution in [-0.4, -0.2) is 36.5 Å². The predicted molar refractivity (Wildman–Crippen MR) is 109 cm³/mol. The normalized spacial score (nSPS) is 13.7. The van der Waals surface area contributed by atoms with Crippen molar-refractivity contribution in [1.29, 1.82) is 0 Å². The Balaban J connectivity index is 1.83. The number of aromatic hydroxyl groups is 1. The number of nitrogens with one attached hydrogen (secondary N) is 2. The summed E-state index contributed by atoms with van der Waals surface area (Å²) < 4.78 is 33.1. The molecular weight excluding hydrogens is 436 g/mol. The molecule has 2 aromatic carbocycles. The van der Waals surface area contributed by atoms with E-state index in [4.69, 9.17) is 21.4 Å². The van der Waals surface area contributed by atoms with Crippen molar-refractivity contribution >= 4 is 39.2 Å². The van der Waals surface area contributed by atoms with Crippen LogP contribution in [0.4, 0.5) is 5.69 Å². The Labute approximate surface area is 177 Å². The van der Waals surface area contributed by atoms with Gasteiger partial charge in [-0.3, -0.25) is 9.59 Å². The Kier molecular flexibility index (Phi) is 6.20. The van der Waals surface area contributed by atoms with Gasteiger partial charge >= 0.3 is 5.97 Å². The molecule has 0 bridgehead atoms. The molecule has 1 fully saturated rings. The minimum absolute atomic E-state index is 0.120. The number of phenols is 1. The monoisotopic (exact) mass is 454 g/mol. The van der Waals surface area contributed by atoms with Crippen molar-refractivity contribution in [2.45, 2.75) is 37.1 Å². The van der Waals surface area contributed by atoms with Crippen molar-refractivity contribution in [3.05, 3.63) is 40.9 Å². The van der Waals surface area contributed by atoms with Crippen LogP contribution in [0.5, 0.6) is 17.2 Å². The molecule has 0 aromatic heterocycles. The molecule has 4 N–H and O–H groups in total. The number of rotatable bonds is 8. The number of phenolic OH excluding ortho intramolecular Hbond substituents is 1. The molecule has 30 heavy (non-hydrogen) atoms. The molecule has 0 atom stereocenters. The van der Waals surface area contributed by atoms with E-state index in [1.165, 1.54) is 30.3 Å². The van der Waals surface area contributed by atoms with Gasteiger partial charge in [0, 0.05) is 17.8 Å². The van der Waals surface area contributed by atoms with Gasteiger partial charge in [-0.2, -0.15) is 0 Å². The van der Waals surface area contributed by atoms with Crippen LogP contribution < -0.4 is 14.8 Å². The Morgan fingerprint density at radius 1 is 1.23 bits per heavy atom. The number of ether oxygens (including phenoxy) is 1. The number of halogens is 1. The second kappa shape index (κ2) is 8.50. The smallest absolute Gasteiger partial charge is 0.312 e. The van der Waals surface area contributed by atoms with Gasteiger partial charge in [0.25, 0.3) is 0 Å². The van der Waals surface area contributed by atoms with Crippen molar-refractivity contribution in [2.24, 2.45) is 0 Å². The third-order valence-electron chi connectivity index (χ3n) is 4.16. The first-order chi connectivity index (χ1) is 14.0. The molecule has 160 valence electrons. The van der Waals surface area contributed by atoms with E-state index in [0.29, 0.717) is 11.3 Å². The van der Waals surface area contributed by atoms with Gasteiger partial charge in [-0.05, 0) is 49.6 Å². The van der Waals surface area contributed by atoms with Gasteiger partial charge in [0.1, 0.15) is 28.6 Å². The first kappa shape index (κ1) is 21.9. The largest absolute Gasteiger partial charge is 0.507 e. The van der Waals surface area contributed by atoms with E-state index in [1.54, 1.807) is 6.92 Å². The third kappa shape index (κ3) is 5.41.